The Hall–Kier alpha value is -3.35. The fourth-order valence-corrected chi connectivity index (χ4v) is 4.06. The molecule has 1 saturated heterocycles. The number of ether oxygens (including phenoxy) is 2. The maximum Gasteiger partial charge on any atom is 0.201 e. The maximum absolute atomic E-state index is 6.20. The van der Waals surface area contributed by atoms with Crippen LogP contribution in [-0.2, 0) is 17.8 Å². The number of nitrogens with one attached hydrogen (secondary N) is 2. The quantitative estimate of drug-likeness (QED) is 0.434. The van der Waals surface area contributed by atoms with Gasteiger partial charge in [0.1, 0.15) is 18.5 Å². The van der Waals surface area contributed by atoms with E-state index >= 15 is 0 Å². The van der Waals surface area contributed by atoms with Crippen molar-refractivity contribution in [2.75, 3.05) is 31.6 Å². The highest BCUT2D eigenvalue weighted by molar-refractivity contribution is 5.77. The lowest BCUT2D eigenvalue weighted by atomic mass is 10.2. The molecule has 2 heterocycles. The second-order valence-corrected chi connectivity index (χ2v) is 8.09. The van der Waals surface area contributed by atoms with E-state index in [4.69, 9.17) is 9.47 Å². The number of rotatable bonds is 8. The number of fused-ring (bicyclic) bond motifs is 1. The van der Waals surface area contributed by atoms with E-state index in [-0.39, 0.29) is 6.10 Å². The van der Waals surface area contributed by atoms with Crippen LogP contribution in [0, 0.1) is 0 Å². The van der Waals surface area contributed by atoms with Crippen LogP contribution in [0.4, 0.5) is 5.95 Å². The minimum atomic E-state index is 0.0591. The monoisotopic (exact) mass is 428 g/mol. The van der Waals surface area contributed by atoms with Crippen LogP contribution in [0.1, 0.15) is 11.1 Å². The first-order valence-electron chi connectivity index (χ1n) is 11.1. The Morgan fingerprint density at radius 1 is 1.00 bits per heavy atom. The van der Waals surface area contributed by atoms with Crippen molar-refractivity contribution in [3.63, 3.8) is 0 Å². The summed E-state index contributed by atoms with van der Waals surface area (Å²) in [6, 6.07) is 26.7. The van der Waals surface area contributed by atoms with E-state index in [1.807, 2.05) is 42.5 Å². The van der Waals surface area contributed by atoms with Gasteiger partial charge in [-0.3, -0.25) is 4.90 Å². The van der Waals surface area contributed by atoms with Crippen LogP contribution in [0.3, 0.4) is 0 Å². The van der Waals surface area contributed by atoms with Crippen LogP contribution >= 0.6 is 0 Å². The predicted octanol–water partition coefficient (Wildman–Crippen LogP) is 4.45. The molecule has 5 rings (SSSR count). The molecule has 2 N–H and O–H groups in total. The number of hydrogen-bond donors (Lipinski definition) is 2. The van der Waals surface area contributed by atoms with E-state index in [0.717, 1.165) is 54.5 Å². The van der Waals surface area contributed by atoms with Gasteiger partial charge in [0.05, 0.1) is 17.6 Å². The zero-order valence-electron chi connectivity index (χ0n) is 18.0. The molecule has 0 radical (unpaired) electrons. The first kappa shape index (κ1) is 20.5. The first-order chi connectivity index (χ1) is 15.8. The van der Waals surface area contributed by atoms with E-state index in [0.29, 0.717) is 13.2 Å². The molecule has 6 nitrogen and oxygen atoms in total. The van der Waals surface area contributed by atoms with Crippen molar-refractivity contribution in [1.29, 1.82) is 0 Å². The molecule has 32 heavy (non-hydrogen) atoms. The summed E-state index contributed by atoms with van der Waals surface area (Å²) in [5.41, 5.74) is 4.39. The van der Waals surface area contributed by atoms with Gasteiger partial charge in [-0.25, -0.2) is 4.98 Å². The number of aromatic nitrogens is 2. The fraction of sp³-hybridized carbons (Fsp3) is 0.269. The molecule has 1 aromatic heterocycles. The zero-order chi connectivity index (χ0) is 21.6. The van der Waals surface area contributed by atoms with Gasteiger partial charge in [-0.1, -0.05) is 60.7 Å². The zero-order valence-corrected chi connectivity index (χ0v) is 18.0. The molecule has 0 spiro atoms. The molecule has 0 amide bonds. The van der Waals surface area contributed by atoms with Gasteiger partial charge in [-0.15, -0.1) is 0 Å². The van der Waals surface area contributed by atoms with Crippen molar-refractivity contribution >= 4 is 17.0 Å². The topological polar surface area (TPSA) is 62.4 Å². The predicted molar refractivity (Wildman–Crippen MR) is 127 cm³/mol. The van der Waals surface area contributed by atoms with Crippen molar-refractivity contribution in [3.8, 4) is 5.75 Å². The Morgan fingerprint density at radius 3 is 2.72 bits per heavy atom. The van der Waals surface area contributed by atoms with E-state index in [2.05, 4.69) is 56.6 Å². The Kier molecular flexibility index (Phi) is 6.32. The Balaban J connectivity index is 1.17. The van der Waals surface area contributed by atoms with Gasteiger partial charge in [0, 0.05) is 31.7 Å². The van der Waals surface area contributed by atoms with E-state index < -0.39 is 0 Å². The Morgan fingerprint density at radius 2 is 1.81 bits per heavy atom. The number of aromatic amines is 1. The molecule has 0 bridgehead atoms. The van der Waals surface area contributed by atoms with Gasteiger partial charge in [0.25, 0.3) is 0 Å². The third kappa shape index (κ3) is 5.10. The average Bonchev–Trinajstić information content (AvgIpc) is 3.26. The van der Waals surface area contributed by atoms with Gasteiger partial charge in [0.2, 0.25) is 5.95 Å². The van der Waals surface area contributed by atoms with Gasteiger partial charge < -0.3 is 19.8 Å². The highest BCUT2D eigenvalue weighted by atomic mass is 16.5. The molecule has 4 aromatic rings. The van der Waals surface area contributed by atoms with Gasteiger partial charge in [-0.05, 0) is 23.8 Å². The molecule has 0 aliphatic carbocycles. The lowest BCUT2D eigenvalue weighted by molar-refractivity contribution is -0.0505. The molecule has 1 fully saturated rings. The summed E-state index contributed by atoms with van der Waals surface area (Å²) in [6.07, 6.45) is 0.0591. The number of H-pyrrole nitrogens is 1. The largest absolute Gasteiger partial charge is 0.490 e. The van der Waals surface area contributed by atoms with Crippen LogP contribution in [0.25, 0.3) is 11.0 Å². The second kappa shape index (κ2) is 9.85. The number of hydrogen-bond acceptors (Lipinski definition) is 5. The molecule has 0 saturated carbocycles. The van der Waals surface area contributed by atoms with Crippen LogP contribution in [0.5, 0.6) is 5.75 Å². The summed E-state index contributed by atoms with van der Waals surface area (Å²) in [5, 5.41) is 3.38. The second-order valence-electron chi connectivity index (χ2n) is 8.09. The number of para-hydroxylation sites is 3. The standard InChI is InChI=1S/C26H28N4O2/c1-2-8-20(9-3-1)17-30-14-15-31-22(18-30)19-32-25-13-7-4-10-21(25)16-27-26-28-23-11-5-6-12-24(23)29-26/h1-13,22H,14-19H2,(H2,27,28,29). The number of imidazole rings is 1. The van der Waals surface area contributed by atoms with Crippen LogP contribution in [-0.4, -0.2) is 47.3 Å². The molecule has 1 aliphatic heterocycles. The number of morpholine rings is 1. The number of nitrogens with zero attached hydrogens (tertiary/aromatic N) is 2. The first-order valence-corrected chi connectivity index (χ1v) is 11.1. The van der Waals surface area contributed by atoms with Crippen LogP contribution < -0.4 is 10.1 Å². The minimum Gasteiger partial charge on any atom is -0.490 e. The minimum absolute atomic E-state index is 0.0591. The molecule has 164 valence electrons. The molecule has 1 atom stereocenters. The molecule has 1 unspecified atom stereocenters. The Labute approximate surface area is 188 Å². The van der Waals surface area contributed by atoms with E-state index in [9.17, 15) is 0 Å². The van der Waals surface area contributed by atoms with Crippen molar-refractivity contribution < 1.29 is 9.47 Å². The van der Waals surface area contributed by atoms with Crippen LogP contribution in [0.15, 0.2) is 78.9 Å². The summed E-state index contributed by atoms with van der Waals surface area (Å²) >= 11 is 0. The van der Waals surface area contributed by atoms with Crippen molar-refractivity contribution in [1.82, 2.24) is 14.9 Å². The van der Waals surface area contributed by atoms with Crippen molar-refractivity contribution in [2.45, 2.75) is 19.2 Å². The molecular weight excluding hydrogens is 400 g/mol. The summed E-state index contributed by atoms with van der Waals surface area (Å²) in [7, 11) is 0. The van der Waals surface area contributed by atoms with Gasteiger partial charge in [0.15, 0.2) is 0 Å². The number of benzene rings is 3. The van der Waals surface area contributed by atoms with Crippen molar-refractivity contribution in [3.05, 3.63) is 90.0 Å². The molecule has 1 aliphatic rings. The molecule has 3 aromatic carbocycles. The maximum atomic E-state index is 6.20. The van der Waals surface area contributed by atoms with E-state index in [1.54, 1.807) is 0 Å². The van der Waals surface area contributed by atoms with Crippen molar-refractivity contribution in [2.24, 2.45) is 0 Å². The number of anilines is 1. The highest BCUT2D eigenvalue weighted by Crippen LogP contribution is 2.21. The summed E-state index contributed by atoms with van der Waals surface area (Å²) < 4.78 is 12.2. The van der Waals surface area contributed by atoms with E-state index in [1.165, 1.54) is 5.56 Å². The van der Waals surface area contributed by atoms with Gasteiger partial charge in [-0.2, -0.15) is 0 Å². The molecular formula is C26H28N4O2. The lowest BCUT2D eigenvalue weighted by Crippen LogP contribution is -2.44. The summed E-state index contributed by atoms with van der Waals surface area (Å²) in [6.45, 7) is 4.65. The smallest absolute Gasteiger partial charge is 0.201 e. The Bertz CT molecular complexity index is 1110. The fourth-order valence-electron chi connectivity index (χ4n) is 4.06. The SMILES string of the molecule is c1ccc(CN2CCOC(COc3ccccc3CNc3nc4ccccc4[nH]3)C2)cc1. The third-order valence-corrected chi connectivity index (χ3v) is 5.70. The summed E-state index contributed by atoms with van der Waals surface area (Å²) in [5.74, 6) is 1.63. The summed E-state index contributed by atoms with van der Waals surface area (Å²) in [4.78, 5) is 10.3. The lowest BCUT2D eigenvalue weighted by Gasteiger charge is -2.33. The normalized spacial score (nSPS) is 16.8. The van der Waals surface area contributed by atoms with Crippen LogP contribution in [0.2, 0.25) is 0 Å². The third-order valence-electron chi connectivity index (χ3n) is 5.70. The molecule has 6 heteroatoms. The average molecular weight is 429 g/mol. The highest BCUT2D eigenvalue weighted by Gasteiger charge is 2.21. The van der Waals surface area contributed by atoms with Gasteiger partial charge >= 0.3 is 0 Å².